The second kappa shape index (κ2) is 5.48. The van der Waals surface area contributed by atoms with E-state index in [1.807, 2.05) is 19.1 Å². The SMILES string of the molecule is CCc1c(Cl)ncnc1Nc1cccc(C#N)c1. The molecular formula is C13H11ClN4. The number of aromatic nitrogens is 2. The lowest BCUT2D eigenvalue weighted by atomic mass is 10.2. The van der Waals surface area contributed by atoms with Crippen molar-refractivity contribution in [2.24, 2.45) is 0 Å². The lowest BCUT2D eigenvalue weighted by Crippen LogP contribution is -2.00. The van der Waals surface area contributed by atoms with E-state index < -0.39 is 0 Å². The van der Waals surface area contributed by atoms with E-state index in [-0.39, 0.29) is 0 Å². The topological polar surface area (TPSA) is 61.6 Å². The van der Waals surface area contributed by atoms with Gasteiger partial charge in [-0.2, -0.15) is 5.26 Å². The van der Waals surface area contributed by atoms with E-state index in [4.69, 9.17) is 16.9 Å². The fraction of sp³-hybridized carbons (Fsp3) is 0.154. The number of nitriles is 1. The zero-order valence-electron chi connectivity index (χ0n) is 9.81. The number of nitrogens with one attached hydrogen (secondary N) is 1. The van der Waals surface area contributed by atoms with Gasteiger partial charge in [0.25, 0.3) is 0 Å². The Hall–Kier alpha value is -2.12. The van der Waals surface area contributed by atoms with Gasteiger partial charge in [-0.15, -0.1) is 0 Å². The Balaban J connectivity index is 2.34. The molecule has 0 saturated heterocycles. The molecule has 0 amide bonds. The molecule has 4 nitrogen and oxygen atoms in total. The Morgan fingerprint density at radius 2 is 2.22 bits per heavy atom. The smallest absolute Gasteiger partial charge is 0.138 e. The Labute approximate surface area is 110 Å². The first-order chi connectivity index (χ1) is 8.74. The quantitative estimate of drug-likeness (QED) is 0.858. The second-order valence-electron chi connectivity index (χ2n) is 3.66. The van der Waals surface area contributed by atoms with E-state index in [0.717, 1.165) is 17.7 Å². The predicted molar refractivity (Wildman–Crippen MR) is 70.9 cm³/mol. The van der Waals surface area contributed by atoms with Crippen molar-refractivity contribution in [3.8, 4) is 6.07 Å². The van der Waals surface area contributed by atoms with Gasteiger partial charge in [0, 0.05) is 11.3 Å². The molecule has 1 heterocycles. The van der Waals surface area contributed by atoms with Crippen LogP contribution in [-0.2, 0) is 6.42 Å². The number of halogens is 1. The van der Waals surface area contributed by atoms with Crippen LogP contribution in [0, 0.1) is 11.3 Å². The largest absolute Gasteiger partial charge is 0.340 e. The Kier molecular flexibility index (Phi) is 3.75. The summed E-state index contributed by atoms with van der Waals surface area (Å²) in [6.07, 6.45) is 2.15. The number of nitrogens with zero attached hydrogens (tertiary/aromatic N) is 3. The highest BCUT2D eigenvalue weighted by Gasteiger charge is 2.08. The Bertz CT molecular complexity index is 604. The van der Waals surface area contributed by atoms with Crippen molar-refractivity contribution in [2.45, 2.75) is 13.3 Å². The van der Waals surface area contributed by atoms with E-state index in [1.54, 1.807) is 12.1 Å². The molecule has 0 atom stereocenters. The highest BCUT2D eigenvalue weighted by atomic mass is 35.5. The van der Waals surface area contributed by atoms with Gasteiger partial charge in [-0.1, -0.05) is 24.6 Å². The number of benzene rings is 1. The second-order valence-corrected chi connectivity index (χ2v) is 4.02. The molecule has 0 unspecified atom stereocenters. The van der Waals surface area contributed by atoms with Gasteiger partial charge in [-0.05, 0) is 24.6 Å². The van der Waals surface area contributed by atoms with Crippen molar-refractivity contribution in [3.05, 3.63) is 46.9 Å². The number of rotatable bonds is 3. The molecule has 1 aromatic carbocycles. The highest BCUT2D eigenvalue weighted by molar-refractivity contribution is 6.30. The number of anilines is 2. The van der Waals surface area contributed by atoms with Gasteiger partial charge in [0.2, 0.25) is 0 Å². The molecule has 0 radical (unpaired) electrons. The maximum atomic E-state index is 8.85. The third kappa shape index (κ3) is 2.58. The molecule has 5 heteroatoms. The van der Waals surface area contributed by atoms with Gasteiger partial charge in [0.05, 0.1) is 11.6 Å². The fourth-order valence-corrected chi connectivity index (χ4v) is 1.88. The zero-order chi connectivity index (χ0) is 13.0. The van der Waals surface area contributed by atoms with Gasteiger partial charge in [0.1, 0.15) is 17.3 Å². The summed E-state index contributed by atoms with van der Waals surface area (Å²) in [5.74, 6) is 0.674. The maximum absolute atomic E-state index is 8.85. The molecule has 0 saturated carbocycles. The predicted octanol–water partition coefficient (Wildman–Crippen LogP) is 3.31. The molecule has 0 aliphatic rings. The van der Waals surface area contributed by atoms with Gasteiger partial charge in [-0.3, -0.25) is 0 Å². The van der Waals surface area contributed by atoms with Crippen LogP contribution in [0.15, 0.2) is 30.6 Å². The van der Waals surface area contributed by atoms with Crippen molar-refractivity contribution >= 4 is 23.1 Å². The maximum Gasteiger partial charge on any atom is 0.138 e. The number of hydrogen-bond acceptors (Lipinski definition) is 4. The lowest BCUT2D eigenvalue weighted by molar-refractivity contribution is 1.05. The molecular weight excluding hydrogens is 248 g/mol. The first-order valence-corrected chi connectivity index (χ1v) is 5.89. The van der Waals surface area contributed by atoms with Crippen LogP contribution in [0.4, 0.5) is 11.5 Å². The van der Waals surface area contributed by atoms with Crippen LogP contribution < -0.4 is 5.32 Å². The van der Waals surface area contributed by atoms with Crippen LogP contribution in [0.3, 0.4) is 0 Å². The van der Waals surface area contributed by atoms with Gasteiger partial charge in [-0.25, -0.2) is 9.97 Å². The fourth-order valence-electron chi connectivity index (χ4n) is 1.62. The molecule has 1 N–H and O–H groups in total. The highest BCUT2D eigenvalue weighted by Crippen LogP contribution is 2.23. The molecule has 0 aliphatic heterocycles. The van der Waals surface area contributed by atoms with Crippen LogP contribution in [0.5, 0.6) is 0 Å². The summed E-state index contributed by atoms with van der Waals surface area (Å²) in [6, 6.07) is 9.29. The van der Waals surface area contributed by atoms with E-state index in [2.05, 4.69) is 21.4 Å². The van der Waals surface area contributed by atoms with Gasteiger partial charge < -0.3 is 5.32 Å². The first kappa shape index (κ1) is 12.3. The van der Waals surface area contributed by atoms with Crippen LogP contribution in [0.2, 0.25) is 5.15 Å². The zero-order valence-corrected chi connectivity index (χ0v) is 10.6. The molecule has 0 fully saturated rings. The van der Waals surface area contributed by atoms with Crippen molar-refractivity contribution in [1.29, 1.82) is 5.26 Å². The summed E-state index contributed by atoms with van der Waals surface area (Å²) in [5, 5.41) is 12.5. The molecule has 0 aliphatic carbocycles. The van der Waals surface area contributed by atoms with Gasteiger partial charge >= 0.3 is 0 Å². The molecule has 2 aromatic rings. The summed E-state index contributed by atoms with van der Waals surface area (Å²) in [6.45, 7) is 1.99. The average molecular weight is 259 g/mol. The van der Waals surface area contributed by atoms with Crippen molar-refractivity contribution in [3.63, 3.8) is 0 Å². The summed E-state index contributed by atoms with van der Waals surface area (Å²) < 4.78 is 0. The first-order valence-electron chi connectivity index (χ1n) is 5.51. The van der Waals surface area contributed by atoms with Crippen molar-refractivity contribution in [1.82, 2.24) is 9.97 Å². The van der Waals surface area contributed by atoms with Crippen LogP contribution in [0.25, 0.3) is 0 Å². The van der Waals surface area contributed by atoms with Crippen LogP contribution >= 0.6 is 11.6 Å². The van der Waals surface area contributed by atoms with Crippen molar-refractivity contribution in [2.75, 3.05) is 5.32 Å². The number of hydrogen-bond donors (Lipinski definition) is 1. The normalized spacial score (nSPS) is 9.83. The Morgan fingerprint density at radius 3 is 2.94 bits per heavy atom. The van der Waals surface area contributed by atoms with E-state index in [1.165, 1.54) is 6.33 Å². The molecule has 0 spiro atoms. The standard InChI is InChI=1S/C13H11ClN4/c1-2-11-12(14)16-8-17-13(11)18-10-5-3-4-9(6-10)7-15/h3-6,8H,2H2,1H3,(H,16,17,18). The van der Waals surface area contributed by atoms with E-state index in [0.29, 0.717) is 16.5 Å². The van der Waals surface area contributed by atoms with Crippen molar-refractivity contribution < 1.29 is 0 Å². The average Bonchev–Trinajstić information content (AvgIpc) is 2.39. The van der Waals surface area contributed by atoms with Crippen LogP contribution in [-0.4, -0.2) is 9.97 Å². The minimum absolute atomic E-state index is 0.450. The summed E-state index contributed by atoms with van der Waals surface area (Å²) >= 11 is 6.01. The van der Waals surface area contributed by atoms with Crippen LogP contribution in [0.1, 0.15) is 18.1 Å². The molecule has 18 heavy (non-hydrogen) atoms. The molecule has 90 valence electrons. The third-order valence-electron chi connectivity index (χ3n) is 2.50. The Morgan fingerprint density at radius 1 is 1.39 bits per heavy atom. The van der Waals surface area contributed by atoms with E-state index in [9.17, 15) is 0 Å². The van der Waals surface area contributed by atoms with Gasteiger partial charge in [0.15, 0.2) is 0 Å². The monoisotopic (exact) mass is 258 g/mol. The summed E-state index contributed by atoms with van der Waals surface area (Å²) in [5.41, 5.74) is 2.26. The lowest BCUT2D eigenvalue weighted by Gasteiger charge is -2.10. The minimum Gasteiger partial charge on any atom is -0.340 e. The summed E-state index contributed by atoms with van der Waals surface area (Å²) in [4.78, 5) is 8.12. The third-order valence-corrected chi connectivity index (χ3v) is 2.83. The molecule has 2 rings (SSSR count). The molecule has 0 bridgehead atoms. The minimum atomic E-state index is 0.450. The van der Waals surface area contributed by atoms with E-state index >= 15 is 0 Å². The molecule has 1 aromatic heterocycles. The summed E-state index contributed by atoms with van der Waals surface area (Å²) in [7, 11) is 0.